The number of aryl methyl sites for hydroxylation is 2. The first-order chi connectivity index (χ1) is 16.0. The summed E-state index contributed by atoms with van der Waals surface area (Å²) in [5.74, 6) is 1.28. The Morgan fingerprint density at radius 3 is 2.82 bits per heavy atom. The number of nitrogens with one attached hydrogen (secondary N) is 2. The fourth-order valence-corrected chi connectivity index (χ4v) is 6.15. The number of aromatic nitrogens is 2. The number of hydrogen-bond acceptors (Lipinski definition) is 5. The molecule has 2 N–H and O–H groups in total. The Morgan fingerprint density at radius 1 is 1.24 bits per heavy atom. The van der Waals surface area contributed by atoms with Crippen LogP contribution in [-0.4, -0.2) is 33.2 Å². The van der Waals surface area contributed by atoms with E-state index in [9.17, 15) is 14.4 Å². The second-order valence-corrected chi connectivity index (χ2v) is 10.3. The van der Waals surface area contributed by atoms with Crippen molar-refractivity contribution in [3.05, 3.63) is 56.4 Å². The zero-order valence-electron chi connectivity index (χ0n) is 18.8. The molecule has 1 saturated heterocycles. The number of carbonyl (C=O) groups is 2. The number of H-pyrrole nitrogens is 1. The van der Waals surface area contributed by atoms with Crippen LogP contribution < -0.4 is 10.9 Å². The summed E-state index contributed by atoms with van der Waals surface area (Å²) >= 11 is 1.63. The van der Waals surface area contributed by atoms with E-state index in [0.29, 0.717) is 36.8 Å². The molecule has 0 saturated carbocycles. The van der Waals surface area contributed by atoms with Crippen LogP contribution in [0.25, 0.3) is 10.2 Å². The Labute approximate surface area is 196 Å². The minimum absolute atomic E-state index is 0.0884. The maximum Gasteiger partial charge on any atom is 0.259 e. The van der Waals surface area contributed by atoms with Gasteiger partial charge in [0.15, 0.2) is 0 Å². The molecule has 2 aliphatic rings. The highest BCUT2D eigenvalue weighted by Crippen LogP contribution is 2.35. The molecule has 172 valence electrons. The van der Waals surface area contributed by atoms with Crippen molar-refractivity contribution in [2.75, 3.05) is 11.9 Å². The summed E-state index contributed by atoms with van der Waals surface area (Å²) in [5.41, 5.74) is 2.85. The number of nitrogens with zero attached hydrogens (tertiary/aromatic N) is 2. The number of aromatic amines is 1. The molecule has 33 heavy (non-hydrogen) atoms. The van der Waals surface area contributed by atoms with Crippen molar-refractivity contribution < 1.29 is 9.59 Å². The highest BCUT2D eigenvalue weighted by molar-refractivity contribution is 7.18. The van der Waals surface area contributed by atoms with E-state index >= 15 is 0 Å². The van der Waals surface area contributed by atoms with E-state index in [1.165, 1.54) is 10.4 Å². The quantitative estimate of drug-likeness (QED) is 0.580. The van der Waals surface area contributed by atoms with Crippen LogP contribution in [0, 0.1) is 5.92 Å². The van der Waals surface area contributed by atoms with Crippen LogP contribution in [0.15, 0.2) is 29.1 Å². The molecule has 1 atom stereocenters. The Morgan fingerprint density at radius 2 is 2.06 bits per heavy atom. The molecule has 3 aromatic rings. The number of hydrogen-bond donors (Lipinski definition) is 2. The lowest BCUT2D eigenvalue weighted by Crippen LogP contribution is -2.23. The molecule has 1 unspecified atom stereocenters. The number of likely N-dealkylation sites (tertiary alicyclic amines) is 1. The van der Waals surface area contributed by atoms with Gasteiger partial charge < -0.3 is 15.2 Å². The zero-order valence-corrected chi connectivity index (χ0v) is 19.6. The first kappa shape index (κ1) is 21.8. The number of anilines is 1. The Kier molecular flexibility index (Phi) is 6.01. The normalized spacial score (nSPS) is 18.0. The van der Waals surface area contributed by atoms with Crippen LogP contribution in [0.4, 0.5) is 5.69 Å². The van der Waals surface area contributed by atoms with Crippen molar-refractivity contribution in [3.63, 3.8) is 0 Å². The summed E-state index contributed by atoms with van der Waals surface area (Å²) in [7, 11) is 0. The van der Waals surface area contributed by atoms with E-state index in [1.54, 1.807) is 11.3 Å². The first-order valence-corrected chi connectivity index (χ1v) is 12.5. The Hall–Kier alpha value is -3.00. The SMILES string of the molecule is CC1CCc2c(sc3nc(CCC(=O)Nc4ccc(CN5CCCC5=O)cc4)[nH]c(=O)c23)C1. The lowest BCUT2D eigenvalue weighted by Gasteiger charge is -2.17. The average Bonchev–Trinajstić information content (AvgIpc) is 3.36. The van der Waals surface area contributed by atoms with Gasteiger partial charge in [-0.15, -0.1) is 11.3 Å². The van der Waals surface area contributed by atoms with Crippen molar-refractivity contribution >= 4 is 39.1 Å². The smallest absolute Gasteiger partial charge is 0.259 e. The molecule has 1 fully saturated rings. The maximum absolute atomic E-state index is 12.7. The lowest BCUT2D eigenvalue weighted by atomic mass is 9.89. The van der Waals surface area contributed by atoms with E-state index in [0.717, 1.165) is 48.0 Å². The standard InChI is InChI=1S/C25H28N4O3S/c1-15-4-9-18-19(13-15)33-25-23(18)24(32)27-20(28-25)10-11-21(30)26-17-7-5-16(6-8-17)14-29-12-2-3-22(29)31/h5-8,15H,2-4,9-14H2,1H3,(H,26,30)(H,27,28,32). The van der Waals surface area contributed by atoms with Gasteiger partial charge in [-0.25, -0.2) is 4.98 Å². The monoisotopic (exact) mass is 464 g/mol. The van der Waals surface area contributed by atoms with Gasteiger partial charge in [-0.1, -0.05) is 19.1 Å². The Bertz CT molecular complexity index is 1260. The maximum atomic E-state index is 12.7. The molecule has 5 rings (SSSR count). The van der Waals surface area contributed by atoms with Gasteiger partial charge in [-0.3, -0.25) is 14.4 Å². The van der Waals surface area contributed by atoms with Gasteiger partial charge in [0.25, 0.3) is 5.56 Å². The van der Waals surface area contributed by atoms with Gasteiger partial charge in [0, 0.05) is 42.9 Å². The van der Waals surface area contributed by atoms with Gasteiger partial charge in [0.1, 0.15) is 10.7 Å². The van der Waals surface area contributed by atoms with Crippen LogP contribution >= 0.6 is 11.3 Å². The number of rotatable bonds is 6. The van der Waals surface area contributed by atoms with E-state index in [2.05, 4.69) is 22.2 Å². The molecule has 2 amide bonds. The molecule has 1 aliphatic carbocycles. The Balaban J connectivity index is 1.19. The molecule has 0 radical (unpaired) electrons. The second-order valence-electron chi connectivity index (χ2n) is 9.21. The topological polar surface area (TPSA) is 95.2 Å². The molecular weight excluding hydrogens is 436 g/mol. The summed E-state index contributed by atoms with van der Waals surface area (Å²) < 4.78 is 0. The molecule has 1 aliphatic heterocycles. The first-order valence-electron chi connectivity index (χ1n) is 11.7. The van der Waals surface area contributed by atoms with Crippen molar-refractivity contribution in [2.24, 2.45) is 5.92 Å². The van der Waals surface area contributed by atoms with Gasteiger partial charge in [-0.2, -0.15) is 0 Å². The highest BCUT2D eigenvalue weighted by Gasteiger charge is 2.23. The van der Waals surface area contributed by atoms with E-state index in [-0.39, 0.29) is 23.8 Å². The second kappa shape index (κ2) is 9.09. The third-order valence-corrected chi connectivity index (χ3v) is 7.73. The molecule has 3 heterocycles. The molecule has 0 bridgehead atoms. The van der Waals surface area contributed by atoms with Crippen LogP contribution in [0.5, 0.6) is 0 Å². The minimum Gasteiger partial charge on any atom is -0.338 e. The van der Waals surface area contributed by atoms with Gasteiger partial charge >= 0.3 is 0 Å². The van der Waals surface area contributed by atoms with Crippen LogP contribution in [-0.2, 0) is 35.4 Å². The van der Waals surface area contributed by atoms with E-state index in [1.807, 2.05) is 29.2 Å². The van der Waals surface area contributed by atoms with Crippen molar-refractivity contribution in [3.8, 4) is 0 Å². The molecule has 8 heteroatoms. The summed E-state index contributed by atoms with van der Waals surface area (Å²) in [6.07, 6.45) is 5.24. The summed E-state index contributed by atoms with van der Waals surface area (Å²) in [5, 5.41) is 3.64. The largest absolute Gasteiger partial charge is 0.338 e. The van der Waals surface area contributed by atoms with Crippen LogP contribution in [0.3, 0.4) is 0 Å². The van der Waals surface area contributed by atoms with E-state index in [4.69, 9.17) is 0 Å². The van der Waals surface area contributed by atoms with Gasteiger partial charge in [0.05, 0.1) is 5.39 Å². The van der Waals surface area contributed by atoms with Crippen molar-refractivity contribution in [1.29, 1.82) is 0 Å². The molecular formula is C25H28N4O3S. The number of fused-ring (bicyclic) bond motifs is 3. The fraction of sp³-hybridized carbons (Fsp3) is 0.440. The fourth-order valence-electron chi connectivity index (χ4n) is 4.75. The van der Waals surface area contributed by atoms with Gasteiger partial charge in [0.2, 0.25) is 11.8 Å². The van der Waals surface area contributed by atoms with Crippen molar-refractivity contribution in [1.82, 2.24) is 14.9 Å². The number of amides is 2. The summed E-state index contributed by atoms with van der Waals surface area (Å²) in [6.45, 7) is 3.67. The number of carbonyl (C=O) groups excluding carboxylic acids is 2. The zero-order chi connectivity index (χ0) is 22.9. The van der Waals surface area contributed by atoms with Crippen LogP contribution in [0.2, 0.25) is 0 Å². The molecule has 0 spiro atoms. The highest BCUT2D eigenvalue weighted by atomic mass is 32.1. The van der Waals surface area contributed by atoms with E-state index < -0.39 is 0 Å². The predicted molar refractivity (Wildman–Crippen MR) is 129 cm³/mol. The molecule has 1 aromatic carbocycles. The average molecular weight is 465 g/mol. The number of thiophene rings is 1. The summed E-state index contributed by atoms with van der Waals surface area (Å²) in [6, 6.07) is 7.59. The van der Waals surface area contributed by atoms with Crippen LogP contribution in [0.1, 0.15) is 54.4 Å². The minimum atomic E-state index is -0.125. The molecule has 7 nitrogen and oxygen atoms in total. The summed E-state index contributed by atoms with van der Waals surface area (Å²) in [4.78, 5) is 48.4. The number of benzene rings is 1. The third-order valence-electron chi connectivity index (χ3n) is 6.59. The third kappa shape index (κ3) is 4.71. The van der Waals surface area contributed by atoms with Crippen molar-refractivity contribution in [2.45, 2.75) is 58.4 Å². The lowest BCUT2D eigenvalue weighted by molar-refractivity contribution is -0.128. The molecule has 2 aromatic heterocycles. The van der Waals surface area contributed by atoms with Gasteiger partial charge in [-0.05, 0) is 54.9 Å². The predicted octanol–water partition coefficient (Wildman–Crippen LogP) is 3.80.